The predicted molar refractivity (Wildman–Crippen MR) is 88.7 cm³/mol. The summed E-state index contributed by atoms with van der Waals surface area (Å²) < 4.78 is 0. The average Bonchev–Trinajstić information content (AvgIpc) is 2.43. The van der Waals surface area contributed by atoms with Crippen molar-refractivity contribution in [1.29, 1.82) is 0 Å². The van der Waals surface area contributed by atoms with Gasteiger partial charge in [-0.3, -0.25) is 9.88 Å². The molecule has 3 nitrogen and oxygen atoms in total. The van der Waals surface area contributed by atoms with Crippen molar-refractivity contribution in [3.05, 3.63) is 42.1 Å². The Morgan fingerprint density at radius 2 is 2.05 bits per heavy atom. The van der Waals surface area contributed by atoms with Crippen molar-refractivity contribution in [3.8, 4) is 0 Å². The second kappa shape index (κ2) is 6.77. The van der Waals surface area contributed by atoms with Gasteiger partial charge in [0.05, 0.1) is 10.5 Å². The molecule has 0 amide bonds. The van der Waals surface area contributed by atoms with E-state index in [2.05, 4.69) is 41.9 Å². The molecule has 4 heteroatoms. The molecule has 0 saturated heterocycles. The van der Waals surface area contributed by atoms with Crippen molar-refractivity contribution < 1.29 is 0 Å². The molecular weight excluding hydrogens is 266 g/mol. The largest absolute Gasteiger partial charge is 0.393 e. The lowest BCUT2D eigenvalue weighted by molar-refractivity contribution is 0.220. The molecule has 0 atom stereocenters. The van der Waals surface area contributed by atoms with Crippen LogP contribution >= 0.6 is 12.2 Å². The molecule has 1 aromatic carbocycles. The van der Waals surface area contributed by atoms with E-state index in [0.717, 1.165) is 25.0 Å². The summed E-state index contributed by atoms with van der Waals surface area (Å²) in [7, 11) is 0. The van der Waals surface area contributed by atoms with Crippen LogP contribution in [-0.2, 0) is 6.54 Å². The average molecular weight is 287 g/mol. The summed E-state index contributed by atoms with van der Waals surface area (Å²) in [6.45, 7) is 6.18. The van der Waals surface area contributed by atoms with Gasteiger partial charge in [-0.2, -0.15) is 0 Å². The lowest BCUT2D eigenvalue weighted by Gasteiger charge is -2.26. The summed E-state index contributed by atoms with van der Waals surface area (Å²) in [5, 5.41) is 1.22. The number of para-hydroxylation sites is 1. The third-order valence-corrected chi connectivity index (χ3v) is 3.69. The molecule has 106 valence electrons. The lowest BCUT2D eigenvalue weighted by Crippen LogP contribution is -2.33. The Kier molecular flexibility index (Phi) is 5.04. The molecule has 2 rings (SSSR count). The van der Waals surface area contributed by atoms with Crippen molar-refractivity contribution in [1.82, 2.24) is 9.88 Å². The van der Waals surface area contributed by atoms with Crippen molar-refractivity contribution in [2.24, 2.45) is 5.73 Å². The minimum absolute atomic E-state index is 0.455. The number of aromatic nitrogens is 1. The zero-order valence-corrected chi connectivity index (χ0v) is 12.9. The molecule has 0 aliphatic heterocycles. The Hall–Kier alpha value is -1.52. The first kappa shape index (κ1) is 14.9. The van der Waals surface area contributed by atoms with Gasteiger partial charge >= 0.3 is 0 Å². The third-order valence-electron chi connectivity index (χ3n) is 3.49. The Labute approximate surface area is 125 Å². The van der Waals surface area contributed by atoms with Gasteiger partial charge in [0.2, 0.25) is 0 Å². The minimum Gasteiger partial charge on any atom is -0.393 e. The number of benzene rings is 1. The summed E-state index contributed by atoms with van der Waals surface area (Å²) in [6.07, 6.45) is 2.64. The van der Waals surface area contributed by atoms with E-state index in [4.69, 9.17) is 18.0 Å². The van der Waals surface area contributed by atoms with Gasteiger partial charge in [-0.1, -0.05) is 30.4 Å². The highest BCUT2D eigenvalue weighted by Gasteiger charge is 2.12. The van der Waals surface area contributed by atoms with E-state index < -0.39 is 0 Å². The SMILES string of the molecule is CC(C)N(CCC(N)=S)Cc1ccnc2ccccc12. The van der Waals surface area contributed by atoms with Gasteiger partial charge in [0, 0.05) is 37.1 Å². The molecule has 2 aromatic rings. The first-order chi connectivity index (χ1) is 9.58. The number of pyridine rings is 1. The zero-order chi connectivity index (χ0) is 14.5. The molecule has 0 aliphatic carbocycles. The summed E-state index contributed by atoms with van der Waals surface area (Å²) in [6, 6.07) is 10.8. The van der Waals surface area contributed by atoms with E-state index in [0.29, 0.717) is 11.0 Å². The fourth-order valence-electron chi connectivity index (χ4n) is 2.29. The number of nitrogens with zero attached hydrogens (tertiary/aromatic N) is 2. The highest BCUT2D eigenvalue weighted by molar-refractivity contribution is 7.80. The summed E-state index contributed by atoms with van der Waals surface area (Å²) in [4.78, 5) is 7.38. The first-order valence-electron chi connectivity index (χ1n) is 6.93. The Balaban J connectivity index is 2.22. The minimum atomic E-state index is 0.455. The lowest BCUT2D eigenvalue weighted by atomic mass is 10.1. The van der Waals surface area contributed by atoms with Crippen LogP contribution in [-0.4, -0.2) is 27.5 Å². The maximum Gasteiger partial charge on any atom is 0.0740 e. The smallest absolute Gasteiger partial charge is 0.0740 e. The normalized spacial score (nSPS) is 11.4. The highest BCUT2D eigenvalue weighted by Crippen LogP contribution is 2.19. The van der Waals surface area contributed by atoms with Crippen LogP contribution in [0.5, 0.6) is 0 Å². The molecule has 2 N–H and O–H groups in total. The Bertz CT molecular complexity index is 590. The van der Waals surface area contributed by atoms with Gasteiger partial charge in [0.1, 0.15) is 0 Å². The molecule has 1 heterocycles. The van der Waals surface area contributed by atoms with Crippen LogP contribution in [0.2, 0.25) is 0 Å². The number of hydrogen-bond acceptors (Lipinski definition) is 3. The molecule has 0 aliphatic rings. The van der Waals surface area contributed by atoms with E-state index in [1.807, 2.05) is 18.3 Å². The third kappa shape index (κ3) is 3.74. The molecule has 0 saturated carbocycles. The number of hydrogen-bond donors (Lipinski definition) is 1. The predicted octanol–water partition coefficient (Wildman–Crippen LogP) is 3.12. The van der Waals surface area contributed by atoms with E-state index in [9.17, 15) is 0 Å². The summed E-state index contributed by atoms with van der Waals surface area (Å²) in [5.74, 6) is 0. The van der Waals surface area contributed by atoms with Crippen molar-refractivity contribution in [2.75, 3.05) is 6.54 Å². The van der Waals surface area contributed by atoms with Gasteiger partial charge in [0.15, 0.2) is 0 Å². The van der Waals surface area contributed by atoms with Gasteiger partial charge in [-0.05, 0) is 31.5 Å². The van der Waals surface area contributed by atoms with Crippen LogP contribution in [0.1, 0.15) is 25.8 Å². The molecular formula is C16H21N3S. The molecule has 0 fully saturated rings. The topological polar surface area (TPSA) is 42.1 Å². The van der Waals surface area contributed by atoms with Gasteiger partial charge < -0.3 is 5.73 Å². The van der Waals surface area contributed by atoms with Crippen LogP contribution in [0.3, 0.4) is 0 Å². The van der Waals surface area contributed by atoms with Crippen LogP contribution in [0.25, 0.3) is 10.9 Å². The summed E-state index contributed by atoms with van der Waals surface area (Å²) in [5.41, 5.74) is 7.96. The maximum absolute atomic E-state index is 5.62. The Morgan fingerprint density at radius 3 is 2.75 bits per heavy atom. The van der Waals surface area contributed by atoms with E-state index in [-0.39, 0.29) is 0 Å². The summed E-state index contributed by atoms with van der Waals surface area (Å²) >= 11 is 4.98. The standard InChI is InChI=1S/C16H21N3S/c1-12(2)19(10-8-16(17)20)11-13-7-9-18-15-6-4-3-5-14(13)15/h3-7,9,12H,8,10-11H2,1-2H3,(H2,17,20). The van der Waals surface area contributed by atoms with Gasteiger partial charge in [-0.25, -0.2) is 0 Å². The van der Waals surface area contributed by atoms with Crippen molar-refractivity contribution in [2.45, 2.75) is 32.9 Å². The maximum atomic E-state index is 5.62. The monoisotopic (exact) mass is 287 g/mol. The van der Waals surface area contributed by atoms with E-state index >= 15 is 0 Å². The second-order valence-electron chi connectivity index (χ2n) is 5.27. The van der Waals surface area contributed by atoms with Crippen LogP contribution in [0.15, 0.2) is 36.5 Å². The van der Waals surface area contributed by atoms with Gasteiger partial charge in [0.25, 0.3) is 0 Å². The highest BCUT2D eigenvalue weighted by atomic mass is 32.1. The fourth-order valence-corrected chi connectivity index (χ4v) is 2.38. The number of fused-ring (bicyclic) bond motifs is 1. The molecule has 0 bridgehead atoms. The molecule has 0 spiro atoms. The van der Waals surface area contributed by atoms with Crippen molar-refractivity contribution >= 4 is 28.1 Å². The molecule has 0 unspecified atom stereocenters. The number of rotatable bonds is 6. The fraction of sp³-hybridized carbons (Fsp3) is 0.375. The van der Waals surface area contributed by atoms with Crippen LogP contribution < -0.4 is 5.73 Å². The number of nitrogens with two attached hydrogens (primary N) is 1. The first-order valence-corrected chi connectivity index (χ1v) is 7.33. The number of thiocarbonyl (C=S) groups is 1. The molecule has 1 aromatic heterocycles. The molecule has 20 heavy (non-hydrogen) atoms. The van der Waals surface area contributed by atoms with E-state index in [1.54, 1.807) is 0 Å². The van der Waals surface area contributed by atoms with Crippen LogP contribution in [0, 0.1) is 0 Å². The van der Waals surface area contributed by atoms with E-state index in [1.165, 1.54) is 10.9 Å². The second-order valence-corrected chi connectivity index (χ2v) is 5.79. The van der Waals surface area contributed by atoms with Crippen molar-refractivity contribution in [3.63, 3.8) is 0 Å². The quantitative estimate of drug-likeness (QED) is 0.829. The zero-order valence-electron chi connectivity index (χ0n) is 12.0. The Morgan fingerprint density at radius 1 is 1.30 bits per heavy atom. The molecule has 0 radical (unpaired) electrons. The van der Waals surface area contributed by atoms with Crippen LogP contribution in [0.4, 0.5) is 0 Å². The van der Waals surface area contributed by atoms with Gasteiger partial charge in [-0.15, -0.1) is 0 Å².